The van der Waals surface area contributed by atoms with Crippen molar-refractivity contribution >= 4 is 43.0 Å². The van der Waals surface area contributed by atoms with E-state index in [9.17, 15) is 14.4 Å². The summed E-state index contributed by atoms with van der Waals surface area (Å²) in [5, 5.41) is 15.8. The topological polar surface area (TPSA) is 118 Å². The second-order valence-electron chi connectivity index (χ2n) is 2.01. The number of carboxylic acids is 2. The number of carbonyl (C=O) groups excluding carboxylic acids is 1. The molecule has 1 atom stereocenters. The van der Waals surface area contributed by atoms with Crippen LogP contribution in [0, 0.1) is 0 Å². The summed E-state index contributed by atoms with van der Waals surface area (Å²) in [6, 6.07) is -0.816. The van der Waals surface area contributed by atoms with E-state index in [1.807, 2.05) is 0 Å². The van der Waals surface area contributed by atoms with Gasteiger partial charge in [-0.15, -0.1) is 0 Å². The highest BCUT2D eigenvalue weighted by Crippen LogP contribution is 1.80. The molecule has 8 heteroatoms. The SMILES string of the molecule is NC(CS)C(=O)O.O=C(O)C(=O)CS. The van der Waals surface area contributed by atoms with Gasteiger partial charge >= 0.3 is 11.9 Å². The van der Waals surface area contributed by atoms with Gasteiger partial charge in [0.05, 0.1) is 5.75 Å². The lowest BCUT2D eigenvalue weighted by atomic mass is 10.4. The van der Waals surface area contributed by atoms with E-state index in [0.717, 1.165) is 0 Å². The van der Waals surface area contributed by atoms with Crippen LogP contribution in [0.1, 0.15) is 0 Å². The Morgan fingerprint density at radius 2 is 1.64 bits per heavy atom. The molecule has 0 aromatic heterocycles. The maximum Gasteiger partial charge on any atom is 0.373 e. The first-order chi connectivity index (χ1) is 6.36. The van der Waals surface area contributed by atoms with Crippen LogP contribution in [0.2, 0.25) is 0 Å². The number of aliphatic carboxylic acids is 2. The van der Waals surface area contributed by atoms with Gasteiger partial charge in [-0.05, 0) is 0 Å². The Balaban J connectivity index is 0. The minimum absolute atomic E-state index is 0.190. The Morgan fingerprint density at radius 1 is 1.21 bits per heavy atom. The summed E-state index contributed by atoms with van der Waals surface area (Å²) in [7, 11) is 0. The third-order valence-corrected chi connectivity index (χ3v) is 1.58. The molecule has 82 valence electrons. The molecule has 0 radical (unpaired) electrons. The van der Waals surface area contributed by atoms with Crippen LogP contribution >= 0.6 is 25.3 Å². The average Bonchev–Trinajstić information content (AvgIpc) is 2.15. The Bertz CT molecular complexity index is 220. The third kappa shape index (κ3) is 9.36. The van der Waals surface area contributed by atoms with Gasteiger partial charge in [0.2, 0.25) is 5.78 Å². The molecular formula is C6H11NO5S2. The number of Topliss-reactive ketones (excluding diaryl/α,β-unsaturated/α-hetero) is 1. The van der Waals surface area contributed by atoms with Crippen molar-refractivity contribution in [2.45, 2.75) is 6.04 Å². The molecule has 0 rings (SSSR count). The molecule has 14 heavy (non-hydrogen) atoms. The van der Waals surface area contributed by atoms with Crippen molar-refractivity contribution in [3.63, 3.8) is 0 Å². The van der Waals surface area contributed by atoms with E-state index in [2.05, 4.69) is 25.3 Å². The van der Waals surface area contributed by atoms with Gasteiger partial charge in [0, 0.05) is 5.75 Å². The van der Waals surface area contributed by atoms with Gasteiger partial charge in [0.1, 0.15) is 6.04 Å². The van der Waals surface area contributed by atoms with Crippen LogP contribution in [0.5, 0.6) is 0 Å². The monoisotopic (exact) mass is 241 g/mol. The van der Waals surface area contributed by atoms with Gasteiger partial charge in [-0.2, -0.15) is 25.3 Å². The Labute approximate surface area is 91.3 Å². The summed E-state index contributed by atoms with van der Waals surface area (Å²) in [6.45, 7) is 0. The molecule has 0 amide bonds. The van der Waals surface area contributed by atoms with E-state index in [4.69, 9.17) is 15.9 Å². The summed E-state index contributed by atoms with van der Waals surface area (Å²) in [4.78, 5) is 29.1. The zero-order chi connectivity index (χ0) is 11.7. The van der Waals surface area contributed by atoms with E-state index in [-0.39, 0.29) is 11.5 Å². The number of ketones is 1. The van der Waals surface area contributed by atoms with E-state index < -0.39 is 23.8 Å². The third-order valence-electron chi connectivity index (χ3n) is 0.896. The normalized spacial score (nSPS) is 10.8. The van der Waals surface area contributed by atoms with Crippen LogP contribution in [0.4, 0.5) is 0 Å². The van der Waals surface area contributed by atoms with Crippen LogP contribution in [0.3, 0.4) is 0 Å². The van der Waals surface area contributed by atoms with Crippen LogP contribution in [-0.4, -0.2) is 45.5 Å². The molecule has 0 spiro atoms. The fourth-order valence-corrected chi connectivity index (χ4v) is 0.437. The quantitative estimate of drug-likeness (QED) is 0.315. The van der Waals surface area contributed by atoms with Crippen molar-refractivity contribution < 1.29 is 24.6 Å². The lowest BCUT2D eigenvalue weighted by Gasteiger charge is -1.96. The van der Waals surface area contributed by atoms with Crippen molar-refractivity contribution in [3.8, 4) is 0 Å². The molecule has 6 nitrogen and oxygen atoms in total. The number of hydrogen-bond donors (Lipinski definition) is 5. The molecule has 0 aromatic carbocycles. The Kier molecular flexibility index (Phi) is 9.94. The number of carbonyl (C=O) groups is 3. The molecule has 0 aliphatic carbocycles. The molecule has 0 fully saturated rings. The molecule has 0 aromatic rings. The molecular weight excluding hydrogens is 230 g/mol. The summed E-state index contributed by atoms with van der Waals surface area (Å²) in [6.07, 6.45) is 0. The predicted molar refractivity (Wildman–Crippen MR) is 56.0 cm³/mol. The maximum atomic E-state index is 9.84. The van der Waals surface area contributed by atoms with Crippen LogP contribution < -0.4 is 5.73 Å². The second kappa shape index (κ2) is 8.85. The molecule has 0 aliphatic rings. The smallest absolute Gasteiger partial charge is 0.373 e. The molecule has 0 heterocycles. The minimum Gasteiger partial charge on any atom is -0.480 e. The highest BCUT2D eigenvalue weighted by atomic mass is 32.1. The van der Waals surface area contributed by atoms with Gasteiger partial charge in [-0.3, -0.25) is 9.59 Å². The molecule has 4 N–H and O–H groups in total. The molecule has 0 bridgehead atoms. The van der Waals surface area contributed by atoms with Crippen LogP contribution in [0.25, 0.3) is 0 Å². The molecule has 0 saturated carbocycles. The summed E-state index contributed by atoms with van der Waals surface area (Å²) in [5.41, 5.74) is 4.94. The first kappa shape index (κ1) is 15.7. The highest BCUT2D eigenvalue weighted by Gasteiger charge is 2.06. The minimum atomic E-state index is -1.42. The number of thiol groups is 2. The summed E-state index contributed by atoms with van der Waals surface area (Å²) >= 11 is 7.07. The van der Waals surface area contributed by atoms with E-state index in [0.29, 0.717) is 0 Å². The van der Waals surface area contributed by atoms with Crippen LogP contribution in [0.15, 0.2) is 0 Å². The van der Waals surface area contributed by atoms with Gasteiger partial charge in [-0.1, -0.05) is 0 Å². The molecule has 0 aliphatic heterocycles. The second-order valence-corrected chi connectivity index (χ2v) is 2.70. The van der Waals surface area contributed by atoms with Gasteiger partial charge in [0.25, 0.3) is 0 Å². The van der Waals surface area contributed by atoms with Crippen molar-refractivity contribution in [1.29, 1.82) is 0 Å². The lowest BCUT2D eigenvalue weighted by Crippen LogP contribution is -2.31. The van der Waals surface area contributed by atoms with E-state index in [1.54, 1.807) is 0 Å². The van der Waals surface area contributed by atoms with Gasteiger partial charge in [-0.25, -0.2) is 4.79 Å². The molecule has 1 unspecified atom stereocenters. The fraction of sp³-hybridized carbons (Fsp3) is 0.500. The summed E-state index contributed by atoms with van der Waals surface area (Å²) in [5.74, 6) is -3.33. The zero-order valence-electron chi connectivity index (χ0n) is 7.08. The standard InChI is InChI=1S/C3H7NO2S.C3H4O3S/c2*4-2(1-7)3(5)6/h2,7H,1,4H2,(H,5,6);7H,1H2,(H,5,6). The lowest BCUT2D eigenvalue weighted by molar-refractivity contribution is -0.147. The fourth-order valence-electron chi connectivity index (χ4n) is 0.146. The van der Waals surface area contributed by atoms with Gasteiger partial charge < -0.3 is 15.9 Å². The van der Waals surface area contributed by atoms with Crippen molar-refractivity contribution in [3.05, 3.63) is 0 Å². The van der Waals surface area contributed by atoms with E-state index in [1.165, 1.54) is 0 Å². The maximum absolute atomic E-state index is 9.84. The van der Waals surface area contributed by atoms with Crippen molar-refractivity contribution in [1.82, 2.24) is 0 Å². The zero-order valence-corrected chi connectivity index (χ0v) is 8.87. The number of rotatable bonds is 4. The van der Waals surface area contributed by atoms with Crippen molar-refractivity contribution in [2.24, 2.45) is 5.73 Å². The Morgan fingerprint density at radius 3 is 1.64 bits per heavy atom. The molecule has 0 saturated heterocycles. The van der Waals surface area contributed by atoms with E-state index >= 15 is 0 Å². The van der Waals surface area contributed by atoms with Gasteiger partial charge in [0.15, 0.2) is 0 Å². The number of carboxylic acid groups (broad SMARTS) is 2. The first-order valence-corrected chi connectivity index (χ1v) is 4.59. The largest absolute Gasteiger partial charge is 0.480 e. The summed E-state index contributed by atoms with van der Waals surface area (Å²) < 4.78 is 0. The highest BCUT2D eigenvalue weighted by molar-refractivity contribution is 7.81. The van der Waals surface area contributed by atoms with Crippen LogP contribution in [-0.2, 0) is 14.4 Å². The van der Waals surface area contributed by atoms with Crippen molar-refractivity contribution in [2.75, 3.05) is 11.5 Å². The number of nitrogens with two attached hydrogens (primary N) is 1. The average molecular weight is 241 g/mol. The number of hydrogen-bond acceptors (Lipinski definition) is 6. The predicted octanol–water partition coefficient (Wildman–Crippen LogP) is -1.10. The Hall–Kier alpha value is -0.730. The first-order valence-electron chi connectivity index (χ1n) is 3.33.